The highest BCUT2D eigenvalue weighted by Gasteiger charge is 2.29. The molecule has 2 rings (SSSR count). The maximum absolute atomic E-state index is 12.6. The number of β-amino-alcohol motifs (C(OH)–C–C–N with tert-alkyl or cyclic N) is 1. The second-order valence-corrected chi connectivity index (χ2v) is 8.57. The summed E-state index contributed by atoms with van der Waals surface area (Å²) in [4.78, 5) is 2.31. The molecule has 1 heterocycles. The van der Waals surface area contributed by atoms with E-state index in [2.05, 4.69) is 4.90 Å². The number of nitrogens with zero attached hydrogens (tertiary/aromatic N) is 2. The average molecular weight is 377 g/mol. The van der Waals surface area contributed by atoms with E-state index in [9.17, 15) is 13.5 Å². The molecule has 1 aliphatic heterocycles. The van der Waals surface area contributed by atoms with E-state index in [4.69, 9.17) is 16.3 Å². The van der Waals surface area contributed by atoms with Crippen molar-refractivity contribution in [3.8, 4) is 0 Å². The minimum atomic E-state index is -3.49. The molecule has 1 aromatic carbocycles. The van der Waals surface area contributed by atoms with Crippen LogP contribution in [0.25, 0.3) is 0 Å². The molecule has 1 fully saturated rings. The standard InChI is InChI=1S/C16H25ClN2O4S/c1-13(2)23-12-15(20)11-18-7-9-19(10-8-18)24(21,22)16-5-3-14(17)4-6-16/h3-6,13,15,20H,7-12H2,1-2H3/t15-/m1/s1. The minimum absolute atomic E-state index is 0.0843. The summed E-state index contributed by atoms with van der Waals surface area (Å²) in [5.74, 6) is 0. The number of hydrogen-bond donors (Lipinski definition) is 1. The van der Waals surface area contributed by atoms with Gasteiger partial charge >= 0.3 is 0 Å². The second kappa shape index (κ2) is 8.60. The molecule has 8 heteroatoms. The van der Waals surface area contributed by atoms with Crippen LogP contribution in [0.15, 0.2) is 29.2 Å². The Hall–Kier alpha value is -0.700. The quantitative estimate of drug-likeness (QED) is 0.779. The highest BCUT2D eigenvalue weighted by atomic mass is 35.5. The lowest BCUT2D eigenvalue weighted by molar-refractivity contribution is -0.0117. The third-order valence-corrected chi connectivity index (χ3v) is 6.04. The maximum atomic E-state index is 12.6. The van der Waals surface area contributed by atoms with E-state index >= 15 is 0 Å². The van der Waals surface area contributed by atoms with Crippen molar-refractivity contribution in [2.45, 2.75) is 31.0 Å². The molecule has 0 spiro atoms. The molecular weight excluding hydrogens is 352 g/mol. The van der Waals surface area contributed by atoms with Crippen LogP contribution >= 0.6 is 11.6 Å². The highest BCUT2D eigenvalue weighted by Crippen LogP contribution is 2.19. The van der Waals surface area contributed by atoms with Crippen LogP contribution in [0.5, 0.6) is 0 Å². The minimum Gasteiger partial charge on any atom is -0.389 e. The Morgan fingerprint density at radius 1 is 1.17 bits per heavy atom. The first kappa shape index (κ1) is 19.6. The zero-order chi connectivity index (χ0) is 17.7. The van der Waals surface area contributed by atoms with Crippen LogP contribution in [0.2, 0.25) is 5.02 Å². The summed E-state index contributed by atoms with van der Waals surface area (Å²) in [6.45, 7) is 6.62. The fourth-order valence-electron chi connectivity index (χ4n) is 2.56. The molecule has 136 valence electrons. The number of halogens is 1. The summed E-state index contributed by atoms with van der Waals surface area (Å²) < 4.78 is 32.1. The first-order valence-corrected chi connectivity index (χ1v) is 9.88. The molecule has 0 amide bonds. The summed E-state index contributed by atoms with van der Waals surface area (Å²) in [6, 6.07) is 6.21. The topological polar surface area (TPSA) is 70.1 Å². The second-order valence-electron chi connectivity index (χ2n) is 6.19. The van der Waals surface area contributed by atoms with Gasteiger partial charge in [0.1, 0.15) is 0 Å². The van der Waals surface area contributed by atoms with Crippen molar-refractivity contribution in [2.75, 3.05) is 39.3 Å². The van der Waals surface area contributed by atoms with Gasteiger partial charge in [0.25, 0.3) is 0 Å². The average Bonchev–Trinajstić information content (AvgIpc) is 2.54. The molecule has 6 nitrogen and oxygen atoms in total. The predicted molar refractivity (Wildman–Crippen MR) is 93.7 cm³/mol. The molecule has 0 unspecified atom stereocenters. The van der Waals surface area contributed by atoms with E-state index in [1.165, 1.54) is 16.4 Å². The van der Waals surface area contributed by atoms with Crippen LogP contribution in [0.4, 0.5) is 0 Å². The Morgan fingerprint density at radius 3 is 2.29 bits per heavy atom. The molecule has 24 heavy (non-hydrogen) atoms. The number of ether oxygens (including phenoxy) is 1. The van der Waals surface area contributed by atoms with E-state index in [1.54, 1.807) is 12.1 Å². The van der Waals surface area contributed by atoms with Crippen molar-refractivity contribution in [2.24, 2.45) is 0 Å². The molecule has 0 aromatic heterocycles. The number of sulfonamides is 1. The SMILES string of the molecule is CC(C)OC[C@H](O)CN1CCN(S(=O)(=O)c2ccc(Cl)cc2)CC1. The molecule has 1 N–H and O–H groups in total. The molecule has 0 saturated carbocycles. The normalized spacial score (nSPS) is 18.9. The summed E-state index contributed by atoms with van der Waals surface area (Å²) in [6.07, 6.45) is -0.479. The van der Waals surface area contributed by atoms with Crippen LogP contribution < -0.4 is 0 Å². The highest BCUT2D eigenvalue weighted by molar-refractivity contribution is 7.89. The third kappa shape index (κ3) is 5.40. The molecule has 1 aromatic rings. The first-order chi connectivity index (χ1) is 11.3. The van der Waals surface area contributed by atoms with Crippen LogP contribution in [0, 0.1) is 0 Å². The molecule has 1 saturated heterocycles. The van der Waals surface area contributed by atoms with Gasteiger partial charge in [0.05, 0.1) is 23.7 Å². The lowest BCUT2D eigenvalue weighted by atomic mass is 10.3. The molecule has 0 aliphatic carbocycles. The fraction of sp³-hybridized carbons (Fsp3) is 0.625. The van der Waals surface area contributed by atoms with Gasteiger partial charge in [-0.15, -0.1) is 0 Å². The van der Waals surface area contributed by atoms with E-state index in [0.717, 1.165) is 0 Å². The predicted octanol–water partition coefficient (Wildman–Crippen LogP) is 1.43. The van der Waals surface area contributed by atoms with Gasteiger partial charge in [-0.3, -0.25) is 4.90 Å². The Morgan fingerprint density at radius 2 is 1.75 bits per heavy atom. The number of aliphatic hydroxyl groups excluding tert-OH is 1. The monoisotopic (exact) mass is 376 g/mol. The van der Waals surface area contributed by atoms with Crippen LogP contribution in [-0.4, -0.2) is 74.3 Å². The van der Waals surface area contributed by atoms with Gasteiger partial charge in [0.2, 0.25) is 10.0 Å². The Balaban J connectivity index is 1.86. The summed E-state index contributed by atoms with van der Waals surface area (Å²) >= 11 is 5.81. The van der Waals surface area contributed by atoms with Crippen molar-refractivity contribution in [3.63, 3.8) is 0 Å². The summed E-state index contributed by atoms with van der Waals surface area (Å²) in [7, 11) is -3.49. The number of piperazine rings is 1. The summed E-state index contributed by atoms with van der Waals surface area (Å²) in [5.41, 5.74) is 0. The third-order valence-electron chi connectivity index (χ3n) is 3.87. The number of hydrogen-bond acceptors (Lipinski definition) is 5. The van der Waals surface area contributed by atoms with Gasteiger partial charge in [-0.05, 0) is 38.1 Å². The van der Waals surface area contributed by atoms with E-state index < -0.39 is 16.1 Å². The molecule has 1 atom stereocenters. The number of aliphatic hydroxyl groups is 1. The van der Waals surface area contributed by atoms with Crippen molar-refractivity contribution < 1.29 is 18.3 Å². The molecule has 1 aliphatic rings. The largest absolute Gasteiger partial charge is 0.389 e. The smallest absolute Gasteiger partial charge is 0.243 e. The van der Waals surface area contributed by atoms with Gasteiger partial charge in [-0.2, -0.15) is 4.31 Å². The molecule has 0 radical (unpaired) electrons. The Labute approximate surface area is 149 Å². The van der Waals surface area contributed by atoms with Crippen molar-refractivity contribution >= 4 is 21.6 Å². The molecule has 0 bridgehead atoms. The van der Waals surface area contributed by atoms with E-state index in [1.807, 2.05) is 13.8 Å². The number of rotatable bonds is 7. The molecular formula is C16H25ClN2O4S. The van der Waals surface area contributed by atoms with Gasteiger partial charge < -0.3 is 9.84 Å². The Kier molecular flexibility index (Phi) is 7.03. The lowest BCUT2D eigenvalue weighted by Crippen LogP contribution is -2.50. The van der Waals surface area contributed by atoms with E-state index in [-0.39, 0.29) is 11.0 Å². The lowest BCUT2D eigenvalue weighted by Gasteiger charge is -2.34. The van der Waals surface area contributed by atoms with Gasteiger partial charge in [-0.25, -0.2) is 8.42 Å². The van der Waals surface area contributed by atoms with Crippen LogP contribution in [-0.2, 0) is 14.8 Å². The van der Waals surface area contributed by atoms with Crippen molar-refractivity contribution in [3.05, 3.63) is 29.3 Å². The fourth-order valence-corrected chi connectivity index (χ4v) is 4.11. The van der Waals surface area contributed by atoms with Crippen molar-refractivity contribution in [1.82, 2.24) is 9.21 Å². The van der Waals surface area contributed by atoms with Crippen LogP contribution in [0.1, 0.15) is 13.8 Å². The van der Waals surface area contributed by atoms with Gasteiger partial charge in [0, 0.05) is 37.7 Å². The zero-order valence-electron chi connectivity index (χ0n) is 14.1. The van der Waals surface area contributed by atoms with E-state index in [0.29, 0.717) is 44.4 Å². The van der Waals surface area contributed by atoms with Gasteiger partial charge in [-0.1, -0.05) is 11.6 Å². The van der Waals surface area contributed by atoms with Crippen LogP contribution in [0.3, 0.4) is 0 Å². The number of benzene rings is 1. The maximum Gasteiger partial charge on any atom is 0.243 e. The van der Waals surface area contributed by atoms with Gasteiger partial charge in [0.15, 0.2) is 0 Å². The first-order valence-electron chi connectivity index (χ1n) is 8.07. The van der Waals surface area contributed by atoms with Crippen molar-refractivity contribution in [1.29, 1.82) is 0 Å². The summed E-state index contributed by atoms with van der Waals surface area (Å²) in [5, 5.41) is 10.5. The zero-order valence-corrected chi connectivity index (χ0v) is 15.6. The Bertz CT molecular complexity index is 613.